The third-order valence-corrected chi connectivity index (χ3v) is 3.94. The van der Waals surface area contributed by atoms with Crippen LogP contribution in [0, 0.1) is 11.8 Å². The molecule has 152 valence electrons. The lowest BCUT2D eigenvalue weighted by Gasteiger charge is -2.12. The molecule has 0 aliphatic heterocycles. The summed E-state index contributed by atoms with van der Waals surface area (Å²) in [5.74, 6) is -0.188. The molecule has 3 rings (SSSR count). The van der Waals surface area contributed by atoms with Crippen molar-refractivity contribution in [3.63, 3.8) is 0 Å². The largest absolute Gasteiger partial charge is 0.573 e. The predicted molar refractivity (Wildman–Crippen MR) is 101 cm³/mol. The molecular formula is C19H17F3N4O3. The topological polar surface area (TPSA) is 77.7 Å². The highest BCUT2D eigenvalue weighted by atomic mass is 19.4. The van der Waals surface area contributed by atoms with Crippen molar-refractivity contribution in [2.75, 3.05) is 12.4 Å². The highest BCUT2D eigenvalue weighted by Crippen LogP contribution is 2.34. The number of nitrogens with zero attached hydrogens (tertiary/aromatic N) is 3. The van der Waals surface area contributed by atoms with Gasteiger partial charge < -0.3 is 14.8 Å². The fraction of sp³-hybridized carbons (Fsp3) is 0.211. The molecule has 1 heterocycles. The minimum Gasteiger partial charge on any atom is -0.425 e. The van der Waals surface area contributed by atoms with Gasteiger partial charge in [-0.2, -0.15) is 4.98 Å². The number of ether oxygens (including phenoxy) is 2. The molecule has 3 aromatic rings. The van der Waals surface area contributed by atoms with Crippen LogP contribution in [0.2, 0.25) is 0 Å². The second-order valence-corrected chi connectivity index (χ2v) is 6.10. The molecule has 0 saturated heterocycles. The minimum atomic E-state index is -4.82. The van der Waals surface area contributed by atoms with Gasteiger partial charge in [-0.05, 0) is 29.8 Å². The Balaban J connectivity index is 1.94. The van der Waals surface area contributed by atoms with Gasteiger partial charge >= 0.3 is 12.4 Å². The molecule has 1 N–H and O–H groups in total. The van der Waals surface area contributed by atoms with Crippen LogP contribution in [-0.2, 0) is 6.54 Å². The van der Waals surface area contributed by atoms with E-state index in [4.69, 9.17) is 4.74 Å². The molecule has 0 radical (unpaired) electrons. The summed E-state index contributed by atoms with van der Waals surface area (Å²) in [6.07, 6.45) is -4.82. The van der Waals surface area contributed by atoms with Crippen LogP contribution in [0.1, 0.15) is 11.1 Å². The Labute approximate surface area is 164 Å². The zero-order valence-corrected chi connectivity index (χ0v) is 15.5. The average molecular weight is 406 g/mol. The van der Waals surface area contributed by atoms with E-state index in [1.165, 1.54) is 16.7 Å². The van der Waals surface area contributed by atoms with Crippen LogP contribution >= 0.6 is 0 Å². The number of aromatic nitrogens is 2. The highest BCUT2D eigenvalue weighted by molar-refractivity contribution is 5.59. The molecule has 1 aromatic heterocycles. The summed E-state index contributed by atoms with van der Waals surface area (Å²) in [6, 6.07) is 12.6. The summed E-state index contributed by atoms with van der Waals surface area (Å²) < 4.78 is 48.3. The van der Waals surface area contributed by atoms with Gasteiger partial charge in [-0.3, -0.25) is 4.57 Å². The summed E-state index contributed by atoms with van der Waals surface area (Å²) in [4.78, 5) is 15.6. The van der Waals surface area contributed by atoms with Crippen LogP contribution in [-0.4, -0.2) is 23.0 Å². The summed E-state index contributed by atoms with van der Waals surface area (Å²) in [5.41, 5.74) is 1.93. The van der Waals surface area contributed by atoms with E-state index in [0.29, 0.717) is 0 Å². The first-order valence-electron chi connectivity index (χ1n) is 8.50. The molecular weight excluding hydrogens is 389 g/mol. The van der Waals surface area contributed by atoms with Crippen LogP contribution in [0.3, 0.4) is 0 Å². The minimum absolute atomic E-state index is 0.00534. The molecule has 2 aromatic carbocycles. The number of hydrogen-bond donors (Lipinski definition) is 1. The van der Waals surface area contributed by atoms with Gasteiger partial charge in [0, 0.05) is 13.1 Å². The molecule has 0 spiro atoms. The molecule has 0 amide bonds. The Morgan fingerprint density at radius 2 is 1.83 bits per heavy atom. The molecule has 0 saturated carbocycles. The standard InChI is InChI=1S/C19H17F3N4O3/c1-12-6-8-13(9-7-12)11-26-17(25-27)16(23-2)24-18(26)28-14-4-3-5-15(10-14)29-19(20,21)22/h3-10,23H,11H2,1-2H3. The van der Waals surface area contributed by atoms with Gasteiger partial charge in [-0.25, -0.2) is 0 Å². The normalized spacial score (nSPS) is 11.2. The lowest BCUT2D eigenvalue weighted by molar-refractivity contribution is -0.274. The van der Waals surface area contributed by atoms with Gasteiger partial charge in [0.15, 0.2) is 5.82 Å². The molecule has 29 heavy (non-hydrogen) atoms. The third-order valence-electron chi connectivity index (χ3n) is 3.94. The monoisotopic (exact) mass is 406 g/mol. The lowest BCUT2D eigenvalue weighted by atomic mass is 10.1. The predicted octanol–water partition coefficient (Wildman–Crippen LogP) is 5.37. The van der Waals surface area contributed by atoms with Crippen molar-refractivity contribution in [1.29, 1.82) is 0 Å². The van der Waals surface area contributed by atoms with Crippen molar-refractivity contribution < 1.29 is 22.6 Å². The number of benzene rings is 2. The third kappa shape index (κ3) is 5.03. The number of alkyl halides is 3. The van der Waals surface area contributed by atoms with Gasteiger partial charge in [0.2, 0.25) is 5.82 Å². The zero-order chi connectivity index (χ0) is 21.0. The van der Waals surface area contributed by atoms with E-state index in [-0.39, 0.29) is 29.9 Å². The molecule has 0 aliphatic carbocycles. The van der Waals surface area contributed by atoms with Crippen LogP contribution in [0.15, 0.2) is 53.7 Å². The maximum atomic E-state index is 12.4. The van der Waals surface area contributed by atoms with Crippen molar-refractivity contribution in [2.45, 2.75) is 19.8 Å². The second-order valence-electron chi connectivity index (χ2n) is 6.10. The summed E-state index contributed by atoms with van der Waals surface area (Å²) in [7, 11) is 1.56. The van der Waals surface area contributed by atoms with E-state index in [9.17, 15) is 18.1 Å². The van der Waals surface area contributed by atoms with Crippen molar-refractivity contribution in [2.24, 2.45) is 5.18 Å². The van der Waals surface area contributed by atoms with E-state index >= 15 is 0 Å². The smallest absolute Gasteiger partial charge is 0.425 e. The van der Waals surface area contributed by atoms with Crippen molar-refractivity contribution in [3.8, 4) is 17.5 Å². The number of nitroso groups, excluding NO2 is 1. The van der Waals surface area contributed by atoms with Gasteiger partial charge in [0.25, 0.3) is 0 Å². The number of nitrogens with one attached hydrogen (secondary N) is 1. The zero-order valence-electron chi connectivity index (χ0n) is 15.5. The fourth-order valence-electron chi connectivity index (χ4n) is 2.62. The van der Waals surface area contributed by atoms with Gasteiger partial charge in [0.1, 0.15) is 11.5 Å². The molecule has 0 fully saturated rings. The number of aryl methyl sites for hydroxylation is 1. The van der Waals surface area contributed by atoms with Crippen LogP contribution < -0.4 is 14.8 Å². The van der Waals surface area contributed by atoms with Crippen LogP contribution in [0.4, 0.5) is 24.8 Å². The van der Waals surface area contributed by atoms with E-state index in [0.717, 1.165) is 23.3 Å². The Morgan fingerprint density at radius 1 is 1.14 bits per heavy atom. The molecule has 0 atom stereocenters. The number of anilines is 1. The Kier molecular flexibility index (Phi) is 5.71. The highest BCUT2D eigenvalue weighted by Gasteiger charge is 2.31. The van der Waals surface area contributed by atoms with Crippen molar-refractivity contribution in [3.05, 3.63) is 64.6 Å². The quantitative estimate of drug-likeness (QED) is 0.534. The molecule has 10 heteroatoms. The Hall–Kier alpha value is -3.56. The maximum absolute atomic E-state index is 12.4. The molecule has 7 nitrogen and oxygen atoms in total. The van der Waals surface area contributed by atoms with Gasteiger partial charge in [-0.15, -0.1) is 18.1 Å². The lowest BCUT2D eigenvalue weighted by Crippen LogP contribution is -2.17. The average Bonchev–Trinajstić information content (AvgIpc) is 2.99. The first kappa shape index (κ1) is 20.2. The van der Waals surface area contributed by atoms with E-state index in [2.05, 4.69) is 20.2 Å². The van der Waals surface area contributed by atoms with E-state index < -0.39 is 12.1 Å². The van der Waals surface area contributed by atoms with Gasteiger partial charge in [-0.1, -0.05) is 35.9 Å². The van der Waals surface area contributed by atoms with Crippen molar-refractivity contribution in [1.82, 2.24) is 9.55 Å². The first-order chi connectivity index (χ1) is 13.8. The number of imidazole rings is 1. The van der Waals surface area contributed by atoms with E-state index in [1.807, 2.05) is 31.2 Å². The number of hydrogen-bond acceptors (Lipinski definition) is 6. The summed E-state index contributed by atoms with van der Waals surface area (Å²) >= 11 is 0. The first-order valence-corrected chi connectivity index (χ1v) is 8.50. The Bertz CT molecular complexity index is 1000. The van der Waals surface area contributed by atoms with Gasteiger partial charge in [0.05, 0.1) is 6.54 Å². The number of halogens is 3. The SMILES string of the molecule is CNc1nc(Oc2cccc(OC(F)(F)F)c2)n(Cc2ccc(C)cc2)c1N=O. The molecule has 0 unspecified atom stereocenters. The van der Waals surface area contributed by atoms with Crippen molar-refractivity contribution >= 4 is 11.6 Å². The van der Waals surface area contributed by atoms with Crippen LogP contribution in [0.5, 0.6) is 17.5 Å². The second kappa shape index (κ2) is 8.21. The number of rotatable bonds is 7. The maximum Gasteiger partial charge on any atom is 0.573 e. The van der Waals surface area contributed by atoms with Crippen LogP contribution in [0.25, 0.3) is 0 Å². The van der Waals surface area contributed by atoms with E-state index in [1.54, 1.807) is 7.05 Å². The molecule has 0 aliphatic rings. The summed E-state index contributed by atoms with van der Waals surface area (Å²) in [5, 5.41) is 5.77. The molecule has 0 bridgehead atoms. The Morgan fingerprint density at radius 3 is 2.45 bits per heavy atom. The summed E-state index contributed by atoms with van der Waals surface area (Å²) in [6.45, 7) is 2.17. The fourth-order valence-corrected chi connectivity index (χ4v) is 2.62.